The number of pyridine rings is 1. The molecule has 0 bridgehead atoms. The molecule has 5 nitrogen and oxygen atoms in total. The van der Waals surface area contributed by atoms with E-state index in [1.165, 1.54) is 4.57 Å². The van der Waals surface area contributed by atoms with Gasteiger partial charge in [0.15, 0.2) is 0 Å². The molecule has 0 amide bonds. The molecule has 1 fully saturated rings. The van der Waals surface area contributed by atoms with Gasteiger partial charge in [-0.05, 0) is 56.0 Å². The lowest BCUT2D eigenvalue weighted by Crippen LogP contribution is -2.25. The van der Waals surface area contributed by atoms with E-state index >= 15 is 0 Å². The van der Waals surface area contributed by atoms with Gasteiger partial charge in [0.05, 0.1) is 0 Å². The zero-order valence-corrected chi connectivity index (χ0v) is 15.8. The molecule has 0 N–H and O–H groups in total. The summed E-state index contributed by atoms with van der Waals surface area (Å²) in [5.41, 5.74) is 0.589. The molecule has 3 aromatic rings. The zero-order chi connectivity index (χ0) is 19.5. The normalized spacial score (nSPS) is 19.7. The average Bonchev–Trinajstić information content (AvgIpc) is 3.15. The fourth-order valence-electron chi connectivity index (χ4n) is 3.60. The van der Waals surface area contributed by atoms with Gasteiger partial charge >= 0.3 is 0 Å². The molecule has 0 aliphatic heterocycles. The van der Waals surface area contributed by atoms with E-state index in [1.807, 2.05) is 18.2 Å². The van der Waals surface area contributed by atoms with Crippen LogP contribution in [0.4, 0.5) is 8.78 Å². The molecule has 0 atom stereocenters. The molecular formula is C20H19ClF2N4O. The second-order valence-electron chi connectivity index (χ2n) is 6.79. The summed E-state index contributed by atoms with van der Waals surface area (Å²) in [6, 6.07) is 12.3. The van der Waals surface area contributed by atoms with Crippen LogP contribution in [-0.4, -0.2) is 25.9 Å². The minimum Gasteiger partial charge on any atom is -0.474 e. The first-order chi connectivity index (χ1) is 13.6. The van der Waals surface area contributed by atoms with Crippen LogP contribution in [0, 0.1) is 0 Å². The van der Waals surface area contributed by atoms with Gasteiger partial charge in [-0.15, -0.1) is 10.2 Å². The van der Waals surface area contributed by atoms with Crippen LogP contribution in [0.25, 0.3) is 5.69 Å². The number of benzene rings is 1. The van der Waals surface area contributed by atoms with Crippen LogP contribution in [0.3, 0.4) is 0 Å². The van der Waals surface area contributed by atoms with E-state index in [-0.39, 0.29) is 17.8 Å². The fourth-order valence-corrected chi connectivity index (χ4v) is 3.72. The van der Waals surface area contributed by atoms with Crippen molar-refractivity contribution >= 4 is 11.6 Å². The van der Waals surface area contributed by atoms with Crippen molar-refractivity contribution in [2.75, 3.05) is 0 Å². The van der Waals surface area contributed by atoms with Crippen molar-refractivity contribution < 1.29 is 13.5 Å². The van der Waals surface area contributed by atoms with Gasteiger partial charge < -0.3 is 4.74 Å². The Morgan fingerprint density at radius 2 is 1.75 bits per heavy atom. The molecule has 1 aromatic carbocycles. The van der Waals surface area contributed by atoms with E-state index in [9.17, 15) is 8.78 Å². The maximum atomic E-state index is 13.5. The first kappa shape index (κ1) is 18.8. The van der Waals surface area contributed by atoms with E-state index in [1.54, 1.807) is 30.5 Å². The van der Waals surface area contributed by atoms with Crippen LogP contribution < -0.4 is 4.74 Å². The van der Waals surface area contributed by atoms with E-state index in [0.717, 1.165) is 25.7 Å². The van der Waals surface area contributed by atoms with Gasteiger partial charge in [-0.1, -0.05) is 17.7 Å². The molecule has 146 valence electrons. The SMILES string of the molecule is FC(F)c1nnc(C2CCC(Oc3ccccn3)CC2)n1-c1ccc(Cl)cc1. The molecule has 8 heteroatoms. The van der Waals surface area contributed by atoms with Gasteiger partial charge in [0.1, 0.15) is 11.9 Å². The first-order valence-corrected chi connectivity index (χ1v) is 9.56. The third-order valence-corrected chi connectivity index (χ3v) is 5.21. The molecule has 1 aliphatic carbocycles. The highest BCUT2D eigenvalue weighted by molar-refractivity contribution is 6.30. The summed E-state index contributed by atoms with van der Waals surface area (Å²) in [6.45, 7) is 0. The van der Waals surface area contributed by atoms with Gasteiger partial charge in [-0.2, -0.15) is 0 Å². The standard InChI is InChI=1S/C20H19ClF2N4O/c21-14-6-8-15(9-7-14)27-19(25-26-20(27)18(22)23)13-4-10-16(11-5-13)28-17-3-1-2-12-24-17/h1-3,6-9,12-13,16,18H,4-5,10-11H2. The summed E-state index contributed by atoms with van der Waals surface area (Å²) in [4.78, 5) is 4.19. The summed E-state index contributed by atoms with van der Waals surface area (Å²) >= 11 is 5.94. The number of alkyl halides is 2. The molecular weight excluding hydrogens is 386 g/mol. The molecule has 2 aromatic heterocycles. The summed E-state index contributed by atoms with van der Waals surface area (Å²) in [5.74, 6) is 0.868. The van der Waals surface area contributed by atoms with Crippen molar-refractivity contribution in [1.82, 2.24) is 19.7 Å². The minimum atomic E-state index is -2.71. The highest BCUT2D eigenvalue weighted by Gasteiger charge is 2.30. The maximum Gasteiger partial charge on any atom is 0.297 e. The minimum absolute atomic E-state index is 0.0410. The molecule has 2 heterocycles. The van der Waals surface area contributed by atoms with Crippen LogP contribution in [-0.2, 0) is 0 Å². The molecule has 0 saturated heterocycles. The van der Waals surface area contributed by atoms with Crippen molar-refractivity contribution in [3.05, 3.63) is 65.3 Å². The molecule has 0 unspecified atom stereocenters. The highest BCUT2D eigenvalue weighted by atomic mass is 35.5. The Kier molecular flexibility index (Phi) is 5.52. The number of rotatable bonds is 5. The topological polar surface area (TPSA) is 52.8 Å². The van der Waals surface area contributed by atoms with Crippen LogP contribution >= 0.6 is 11.6 Å². The van der Waals surface area contributed by atoms with Gasteiger partial charge in [-0.25, -0.2) is 13.8 Å². The second-order valence-corrected chi connectivity index (χ2v) is 7.22. The van der Waals surface area contributed by atoms with Crippen molar-refractivity contribution in [3.63, 3.8) is 0 Å². The summed E-state index contributed by atoms with van der Waals surface area (Å²) in [7, 11) is 0. The maximum absolute atomic E-state index is 13.5. The monoisotopic (exact) mass is 404 g/mol. The van der Waals surface area contributed by atoms with Crippen molar-refractivity contribution in [2.45, 2.75) is 44.1 Å². The van der Waals surface area contributed by atoms with Gasteiger partial charge in [0.25, 0.3) is 6.43 Å². The Labute approximate surface area is 166 Å². The van der Waals surface area contributed by atoms with E-state index in [4.69, 9.17) is 16.3 Å². The Morgan fingerprint density at radius 1 is 1.00 bits per heavy atom. The van der Waals surface area contributed by atoms with Crippen molar-refractivity contribution in [2.24, 2.45) is 0 Å². The number of aromatic nitrogens is 4. The van der Waals surface area contributed by atoms with Crippen LogP contribution in [0.1, 0.15) is 49.7 Å². The molecule has 28 heavy (non-hydrogen) atoms. The van der Waals surface area contributed by atoms with E-state index in [0.29, 0.717) is 22.4 Å². The predicted octanol–water partition coefficient (Wildman–Crippen LogP) is 5.36. The van der Waals surface area contributed by atoms with Crippen molar-refractivity contribution in [3.8, 4) is 11.6 Å². The number of hydrogen-bond acceptors (Lipinski definition) is 4. The smallest absolute Gasteiger partial charge is 0.297 e. The molecule has 1 aliphatic rings. The predicted molar refractivity (Wildman–Crippen MR) is 101 cm³/mol. The Morgan fingerprint density at radius 3 is 2.39 bits per heavy atom. The van der Waals surface area contributed by atoms with Gasteiger partial charge in [0, 0.05) is 28.9 Å². The quantitative estimate of drug-likeness (QED) is 0.574. The number of ether oxygens (including phenoxy) is 1. The number of hydrogen-bond donors (Lipinski definition) is 0. The van der Waals surface area contributed by atoms with Gasteiger partial charge in [-0.3, -0.25) is 4.57 Å². The number of halogens is 3. The van der Waals surface area contributed by atoms with Gasteiger partial charge in [0.2, 0.25) is 11.7 Å². The lowest BCUT2D eigenvalue weighted by molar-refractivity contribution is 0.134. The summed E-state index contributed by atoms with van der Waals surface area (Å²) in [5, 5.41) is 8.43. The third-order valence-electron chi connectivity index (χ3n) is 4.96. The molecule has 1 saturated carbocycles. The summed E-state index contributed by atoms with van der Waals surface area (Å²) in [6.07, 6.45) is 2.23. The van der Waals surface area contributed by atoms with Crippen molar-refractivity contribution in [1.29, 1.82) is 0 Å². The lowest BCUT2D eigenvalue weighted by atomic mass is 9.86. The van der Waals surface area contributed by atoms with Crippen LogP contribution in [0.2, 0.25) is 5.02 Å². The first-order valence-electron chi connectivity index (χ1n) is 9.19. The Bertz CT molecular complexity index is 910. The summed E-state index contributed by atoms with van der Waals surface area (Å²) < 4.78 is 34.4. The molecule has 0 radical (unpaired) electrons. The highest BCUT2D eigenvalue weighted by Crippen LogP contribution is 2.36. The van der Waals surface area contributed by atoms with E-state index < -0.39 is 6.43 Å². The average molecular weight is 405 g/mol. The fraction of sp³-hybridized carbons (Fsp3) is 0.350. The second kappa shape index (κ2) is 8.22. The van der Waals surface area contributed by atoms with E-state index in [2.05, 4.69) is 15.2 Å². The zero-order valence-electron chi connectivity index (χ0n) is 15.0. The largest absolute Gasteiger partial charge is 0.474 e. The third kappa shape index (κ3) is 3.99. The Hall–Kier alpha value is -2.54. The molecule has 4 rings (SSSR count). The Balaban J connectivity index is 1.53. The lowest BCUT2D eigenvalue weighted by Gasteiger charge is -2.28. The molecule has 0 spiro atoms. The van der Waals surface area contributed by atoms with Crippen LogP contribution in [0.5, 0.6) is 5.88 Å². The number of nitrogens with zero attached hydrogens (tertiary/aromatic N) is 4. The van der Waals surface area contributed by atoms with Crippen LogP contribution in [0.15, 0.2) is 48.7 Å².